The van der Waals surface area contributed by atoms with Crippen molar-refractivity contribution in [1.29, 1.82) is 0 Å². The minimum Gasteiger partial charge on any atom is -0.490 e. The number of nitrogens with one attached hydrogen (secondary N) is 1. The van der Waals surface area contributed by atoms with E-state index in [0.717, 1.165) is 24.5 Å². The summed E-state index contributed by atoms with van der Waals surface area (Å²) in [5.41, 5.74) is 1.20. The van der Waals surface area contributed by atoms with Crippen LogP contribution in [0.1, 0.15) is 43.6 Å². The first-order valence-corrected chi connectivity index (χ1v) is 7.75. The molecule has 1 aromatic heterocycles. The molecule has 0 amide bonds. The van der Waals surface area contributed by atoms with E-state index in [-0.39, 0.29) is 6.04 Å². The number of rotatable bonds is 7. The van der Waals surface area contributed by atoms with Crippen LogP contribution in [0.3, 0.4) is 0 Å². The summed E-state index contributed by atoms with van der Waals surface area (Å²) < 4.78 is 7.98. The van der Waals surface area contributed by atoms with E-state index in [1.807, 2.05) is 25.5 Å². The Bertz CT molecular complexity index is 589. The van der Waals surface area contributed by atoms with Crippen molar-refractivity contribution >= 4 is 0 Å². The number of nitrogens with zero attached hydrogens (tertiary/aromatic N) is 2. The van der Waals surface area contributed by atoms with Gasteiger partial charge >= 0.3 is 0 Å². The summed E-state index contributed by atoms with van der Waals surface area (Å²) in [7, 11) is 2.04. The first kappa shape index (κ1) is 14.1. The topological polar surface area (TPSA) is 39.1 Å². The molecule has 0 radical (unpaired) electrons. The van der Waals surface area contributed by atoms with Crippen LogP contribution >= 0.6 is 0 Å². The van der Waals surface area contributed by atoms with Gasteiger partial charge in [-0.2, -0.15) is 0 Å². The summed E-state index contributed by atoms with van der Waals surface area (Å²) in [6.45, 7) is 3.14. The smallest absolute Gasteiger partial charge is 0.130 e. The van der Waals surface area contributed by atoms with Crippen molar-refractivity contribution in [3.8, 4) is 5.75 Å². The fourth-order valence-corrected chi connectivity index (χ4v) is 2.45. The van der Waals surface area contributed by atoms with Crippen molar-refractivity contribution in [2.75, 3.05) is 6.54 Å². The van der Waals surface area contributed by atoms with Crippen LogP contribution in [0.15, 0.2) is 36.7 Å². The highest BCUT2D eigenvalue weighted by molar-refractivity contribution is 5.34. The van der Waals surface area contributed by atoms with E-state index in [0.29, 0.717) is 6.10 Å². The summed E-state index contributed by atoms with van der Waals surface area (Å²) in [4.78, 5) is 4.51. The molecule has 1 atom stereocenters. The van der Waals surface area contributed by atoms with E-state index in [1.54, 1.807) is 0 Å². The molecule has 1 aliphatic carbocycles. The number of aryl methyl sites for hydroxylation is 1. The van der Waals surface area contributed by atoms with Gasteiger partial charge in [0.25, 0.3) is 0 Å². The Morgan fingerprint density at radius 1 is 1.43 bits per heavy atom. The minimum atomic E-state index is 0.104. The molecule has 0 bridgehead atoms. The summed E-state index contributed by atoms with van der Waals surface area (Å²) in [5.74, 6) is 2.00. The second kappa shape index (κ2) is 6.31. The lowest BCUT2D eigenvalue weighted by Crippen LogP contribution is -2.25. The molecule has 4 heteroatoms. The second-order valence-corrected chi connectivity index (χ2v) is 5.67. The zero-order valence-electron chi connectivity index (χ0n) is 12.7. The van der Waals surface area contributed by atoms with Gasteiger partial charge in [0.2, 0.25) is 0 Å². The van der Waals surface area contributed by atoms with Gasteiger partial charge in [0.1, 0.15) is 11.6 Å². The number of benzene rings is 1. The van der Waals surface area contributed by atoms with Crippen LogP contribution in [-0.2, 0) is 7.05 Å². The Morgan fingerprint density at radius 2 is 2.29 bits per heavy atom. The first-order chi connectivity index (χ1) is 10.3. The van der Waals surface area contributed by atoms with Gasteiger partial charge < -0.3 is 14.6 Å². The van der Waals surface area contributed by atoms with Crippen molar-refractivity contribution in [3.05, 3.63) is 48.0 Å². The van der Waals surface area contributed by atoms with E-state index in [1.165, 1.54) is 18.4 Å². The minimum absolute atomic E-state index is 0.104. The maximum Gasteiger partial charge on any atom is 0.130 e. The molecule has 4 nitrogen and oxygen atoms in total. The van der Waals surface area contributed by atoms with Gasteiger partial charge in [-0.3, -0.25) is 0 Å². The van der Waals surface area contributed by atoms with Gasteiger partial charge in [0.05, 0.1) is 12.1 Å². The normalized spacial score (nSPS) is 15.9. The zero-order valence-corrected chi connectivity index (χ0v) is 12.7. The third kappa shape index (κ3) is 3.45. The van der Waals surface area contributed by atoms with Crippen molar-refractivity contribution in [3.63, 3.8) is 0 Å². The van der Waals surface area contributed by atoms with E-state index in [2.05, 4.69) is 40.0 Å². The molecule has 1 aliphatic rings. The quantitative estimate of drug-likeness (QED) is 0.850. The molecule has 21 heavy (non-hydrogen) atoms. The standard InChI is InChI=1S/C17H23N3O/c1-3-9-18-16(17-19-10-11-20(17)2)13-5-4-6-15(12-13)21-14-7-8-14/h4-6,10-12,14,16,18H,3,7-9H2,1-2H3. The predicted octanol–water partition coefficient (Wildman–Crippen LogP) is 3.05. The SMILES string of the molecule is CCCNC(c1cccc(OC2CC2)c1)c1nccn1C. The number of hydrogen-bond donors (Lipinski definition) is 1. The molecule has 1 heterocycles. The number of imidazole rings is 1. The Hall–Kier alpha value is -1.81. The highest BCUT2D eigenvalue weighted by atomic mass is 16.5. The molecular formula is C17H23N3O. The third-order valence-corrected chi connectivity index (χ3v) is 3.73. The molecule has 0 spiro atoms. The fourth-order valence-electron chi connectivity index (χ4n) is 2.45. The Morgan fingerprint density at radius 3 is 2.95 bits per heavy atom. The Kier molecular flexibility index (Phi) is 4.25. The fraction of sp³-hybridized carbons (Fsp3) is 0.471. The first-order valence-electron chi connectivity index (χ1n) is 7.75. The van der Waals surface area contributed by atoms with Gasteiger partial charge in [0.15, 0.2) is 0 Å². The molecule has 112 valence electrons. The van der Waals surface area contributed by atoms with Crippen molar-refractivity contribution in [2.45, 2.75) is 38.3 Å². The summed E-state index contributed by atoms with van der Waals surface area (Å²) in [6, 6.07) is 8.49. The average Bonchev–Trinajstić information content (AvgIpc) is 3.20. The van der Waals surface area contributed by atoms with Gasteiger partial charge in [-0.25, -0.2) is 4.98 Å². The van der Waals surface area contributed by atoms with Crippen LogP contribution in [0.25, 0.3) is 0 Å². The monoisotopic (exact) mass is 285 g/mol. The maximum absolute atomic E-state index is 5.91. The van der Waals surface area contributed by atoms with Crippen molar-refractivity contribution < 1.29 is 4.74 Å². The Labute approximate surface area is 126 Å². The number of ether oxygens (including phenoxy) is 1. The number of aromatic nitrogens is 2. The van der Waals surface area contributed by atoms with Crippen molar-refractivity contribution in [2.24, 2.45) is 7.05 Å². The van der Waals surface area contributed by atoms with Crippen LogP contribution in [0.4, 0.5) is 0 Å². The molecular weight excluding hydrogens is 262 g/mol. The molecule has 1 unspecified atom stereocenters. The molecule has 3 rings (SSSR count). The zero-order chi connectivity index (χ0) is 14.7. The Balaban J connectivity index is 1.86. The molecule has 2 aromatic rings. The molecule has 1 aromatic carbocycles. The maximum atomic E-state index is 5.91. The predicted molar refractivity (Wildman–Crippen MR) is 83.4 cm³/mol. The third-order valence-electron chi connectivity index (χ3n) is 3.73. The van der Waals surface area contributed by atoms with Crippen LogP contribution in [0.2, 0.25) is 0 Å². The lowest BCUT2D eigenvalue weighted by Gasteiger charge is -2.19. The highest BCUT2D eigenvalue weighted by Gasteiger charge is 2.24. The molecule has 1 fully saturated rings. The molecule has 1 N–H and O–H groups in total. The van der Waals surface area contributed by atoms with Gasteiger partial charge in [-0.05, 0) is 43.5 Å². The largest absolute Gasteiger partial charge is 0.490 e. The van der Waals surface area contributed by atoms with Crippen LogP contribution < -0.4 is 10.1 Å². The van der Waals surface area contributed by atoms with Gasteiger partial charge in [0, 0.05) is 19.4 Å². The summed E-state index contributed by atoms with van der Waals surface area (Å²) in [6.07, 6.45) is 7.72. The summed E-state index contributed by atoms with van der Waals surface area (Å²) >= 11 is 0. The lowest BCUT2D eigenvalue weighted by molar-refractivity contribution is 0.302. The van der Waals surface area contributed by atoms with E-state index < -0.39 is 0 Å². The van der Waals surface area contributed by atoms with Crippen LogP contribution in [-0.4, -0.2) is 22.2 Å². The molecule has 1 saturated carbocycles. The lowest BCUT2D eigenvalue weighted by atomic mass is 10.1. The van der Waals surface area contributed by atoms with E-state index in [4.69, 9.17) is 4.74 Å². The second-order valence-electron chi connectivity index (χ2n) is 5.67. The average molecular weight is 285 g/mol. The van der Waals surface area contributed by atoms with Crippen LogP contribution in [0.5, 0.6) is 5.75 Å². The number of hydrogen-bond acceptors (Lipinski definition) is 3. The van der Waals surface area contributed by atoms with Gasteiger partial charge in [-0.1, -0.05) is 19.1 Å². The van der Waals surface area contributed by atoms with E-state index in [9.17, 15) is 0 Å². The highest BCUT2D eigenvalue weighted by Crippen LogP contribution is 2.29. The molecule has 0 aliphatic heterocycles. The van der Waals surface area contributed by atoms with Gasteiger partial charge in [-0.15, -0.1) is 0 Å². The summed E-state index contributed by atoms with van der Waals surface area (Å²) in [5, 5.41) is 3.59. The van der Waals surface area contributed by atoms with E-state index >= 15 is 0 Å². The molecule has 0 saturated heterocycles. The van der Waals surface area contributed by atoms with Crippen molar-refractivity contribution in [1.82, 2.24) is 14.9 Å². The van der Waals surface area contributed by atoms with Crippen LogP contribution in [0, 0.1) is 0 Å².